The van der Waals surface area contributed by atoms with Crippen LogP contribution in [0.1, 0.15) is 128 Å². The highest BCUT2D eigenvalue weighted by atomic mass is 32.2. The van der Waals surface area contributed by atoms with E-state index in [4.69, 9.17) is 14.6 Å². The minimum Gasteiger partial charge on any atom is -0.497 e. The zero-order valence-electron chi connectivity index (χ0n) is 30.9. The van der Waals surface area contributed by atoms with Crippen molar-refractivity contribution in [3.05, 3.63) is 70.5 Å². The van der Waals surface area contributed by atoms with Crippen LogP contribution in [0.25, 0.3) is 33.8 Å². The monoisotopic (exact) mass is 735 g/mol. The van der Waals surface area contributed by atoms with E-state index in [9.17, 15) is 13.8 Å². The largest absolute Gasteiger partial charge is 0.497 e. The first kappa shape index (κ1) is 34.5. The van der Waals surface area contributed by atoms with Gasteiger partial charge in [0.15, 0.2) is 0 Å². The number of carbonyl (C=O) groups is 2. The van der Waals surface area contributed by atoms with Crippen LogP contribution in [0.5, 0.6) is 5.75 Å². The van der Waals surface area contributed by atoms with Crippen molar-refractivity contribution in [3.63, 3.8) is 0 Å². The van der Waals surface area contributed by atoms with E-state index in [1.165, 1.54) is 24.8 Å². The average molecular weight is 736 g/mol. The Morgan fingerprint density at radius 1 is 0.943 bits per heavy atom. The van der Waals surface area contributed by atoms with Gasteiger partial charge in [0, 0.05) is 40.4 Å². The number of rotatable bonds is 8. The molecule has 10 nitrogen and oxygen atoms in total. The van der Waals surface area contributed by atoms with Gasteiger partial charge in [-0.15, -0.1) is 0 Å². The molecule has 5 heterocycles. The summed E-state index contributed by atoms with van der Waals surface area (Å²) in [6.45, 7) is 5.36. The second kappa shape index (κ2) is 13.9. The molecule has 2 aromatic carbocycles. The van der Waals surface area contributed by atoms with Crippen molar-refractivity contribution < 1.29 is 23.3 Å². The number of methoxy groups -OCH3 is 1. The number of hydrogen-bond donors (Lipinski definition) is 1. The molecule has 3 aliphatic heterocycles. The number of aromatic nitrogens is 3. The predicted molar refractivity (Wildman–Crippen MR) is 207 cm³/mol. The normalized spacial score (nSPS) is 22.2. The zero-order chi connectivity index (χ0) is 36.4. The van der Waals surface area contributed by atoms with Crippen LogP contribution >= 0.6 is 0 Å². The van der Waals surface area contributed by atoms with Gasteiger partial charge in [-0.1, -0.05) is 25.3 Å². The fourth-order valence-corrected chi connectivity index (χ4v) is 9.83. The van der Waals surface area contributed by atoms with Gasteiger partial charge in [-0.2, -0.15) is 5.10 Å². The van der Waals surface area contributed by atoms with Crippen LogP contribution in [-0.4, -0.2) is 72.9 Å². The van der Waals surface area contributed by atoms with E-state index in [0.29, 0.717) is 36.7 Å². The second-order valence-electron chi connectivity index (χ2n) is 15.9. The van der Waals surface area contributed by atoms with Crippen molar-refractivity contribution >= 4 is 45.4 Å². The molecule has 0 spiro atoms. The Labute approximate surface area is 313 Å². The number of nitrogens with zero attached hydrogens (tertiary/aromatic N) is 4. The van der Waals surface area contributed by atoms with E-state index in [0.717, 1.165) is 89.7 Å². The molecule has 53 heavy (non-hydrogen) atoms. The number of benzene rings is 2. The van der Waals surface area contributed by atoms with Gasteiger partial charge >= 0.3 is 0 Å². The smallest absolute Gasteiger partial charge is 0.263 e. The highest BCUT2D eigenvalue weighted by molar-refractivity contribution is 7.84. The highest BCUT2D eigenvalue weighted by Crippen LogP contribution is 2.48. The lowest BCUT2D eigenvalue weighted by Gasteiger charge is -2.32. The van der Waals surface area contributed by atoms with Crippen molar-refractivity contribution in [2.45, 2.75) is 114 Å². The Hall–Kier alpha value is -4.22. The molecule has 2 aromatic heterocycles. The van der Waals surface area contributed by atoms with E-state index in [1.54, 1.807) is 13.3 Å². The van der Waals surface area contributed by atoms with Crippen molar-refractivity contribution in [2.75, 3.05) is 20.2 Å². The standard InChI is InChI=1S/C42H49N5O5S/c1-25(2)53(50)44-41(48)27-12-16-35-37(20-27)46-22-29(18-28-19-31(51-3)15-17-34(28)40(46)38(35)26-8-5-4-6-9-26)39-36(21-43-47(39)30-10-7-11-30)42(49)45-23-32-13-14-33(24-45)52-32/h12,15-21,25-26,30,32-33H,4-11,13-14,22-24H2,1-3H3,(H,44,48). The summed E-state index contributed by atoms with van der Waals surface area (Å²) in [6.07, 6.45) is 15.3. The Bertz CT molecular complexity index is 2140. The second-order valence-corrected chi connectivity index (χ2v) is 17.7. The van der Waals surface area contributed by atoms with Crippen LogP contribution in [0, 0.1) is 0 Å². The van der Waals surface area contributed by atoms with Crippen LogP contribution in [0.2, 0.25) is 0 Å². The third kappa shape index (κ3) is 6.13. The quantitative estimate of drug-likeness (QED) is 0.199. The van der Waals surface area contributed by atoms with Crippen molar-refractivity contribution in [3.8, 4) is 17.0 Å². The molecule has 2 bridgehead atoms. The Kier molecular flexibility index (Phi) is 9.05. The van der Waals surface area contributed by atoms with E-state index in [2.05, 4.69) is 38.2 Å². The summed E-state index contributed by atoms with van der Waals surface area (Å²) < 4.78 is 31.8. The molecule has 3 unspecified atom stereocenters. The summed E-state index contributed by atoms with van der Waals surface area (Å²) in [5.41, 5.74) is 8.58. The molecule has 2 saturated carbocycles. The van der Waals surface area contributed by atoms with Crippen molar-refractivity contribution in [1.29, 1.82) is 0 Å². The van der Waals surface area contributed by atoms with Gasteiger partial charge < -0.3 is 18.9 Å². The fourth-order valence-electron chi connectivity index (χ4n) is 9.29. The molecule has 2 aliphatic carbocycles. The molecule has 1 N–H and O–H groups in total. The lowest BCUT2D eigenvalue weighted by atomic mass is 9.81. The molecule has 11 heteroatoms. The summed E-state index contributed by atoms with van der Waals surface area (Å²) in [5, 5.41) is 5.91. The van der Waals surface area contributed by atoms with E-state index >= 15 is 0 Å². The van der Waals surface area contributed by atoms with Gasteiger partial charge in [0.05, 0.1) is 55.1 Å². The molecule has 9 rings (SSSR count). The van der Waals surface area contributed by atoms with Gasteiger partial charge in [0.2, 0.25) is 0 Å². The lowest BCUT2D eigenvalue weighted by molar-refractivity contribution is -0.0303. The number of amides is 2. The average Bonchev–Trinajstić information content (AvgIpc) is 3.79. The Morgan fingerprint density at radius 3 is 2.42 bits per heavy atom. The van der Waals surface area contributed by atoms with Crippen LogP contribution in [0.15, 0.2) is 42.6 Å². The summed E-state index contributed by atoms with van der Waals surface area (Å²) >= 11 is 0. The first-order valence-electron chi connectivity index (χ1n) is 19.6. The number of ether oxygens (including phenoxy) is 2. The van der Waals surface area contributed by atoms with Crippen LogP contribution in [0.3, 0.4) is 0 Å². The molecular weight excluding hydrogens is 687 g/mol. The molecule has 4 aromatic rings. The summed E-state index contributed by atoms with van der Waals surface area (Å²) in [4.78, 5) is 30.1. The fraction of sp³-hybridized carbons (Fsp3) is 0.500. The van der Waals surface area contributed by atoms with Gasteiger partial charge in [-0.05, 0) is 118 Å². The van der Waals surface area contributed by atoms with Gasteiger partial charge in [-0.25, -0.2) is 4.21 Å². The number of morpholine rings is 1. The zero-order valence-corrected chi connectivity index (χ0v) is 31.8. The van der Waals surface area contributed by atoms with Crippen molar-refractivity contribution in [2.24, 2.45) is 0 Å². The van der Waals surface area contributed by atoms with Gasteiger partial charge in [0.25, 0.3) is 11.8 Å². The number of carbonyl (C=O) groups excluding carboxylic acids is 2. The number of nitrogens with one attached hydrogen (secondary N) is 1. The van der Waals surface area contributed by atoms with E-state index in [-0.39, 0.29) is 35.3 Å². The SMILES string of the molecule is COc1ccc2c(c1)C=C(c1c(C(=O)N3CC4CCC(C3)O4)cnn1C1CCC1)Cn1c-2c(C2CCCCC2)c2ccc(C(=O)NS(=O)C(C)C)cc21. The highest BCUT2D eigenvalue weighted by Gasteiger charge is 2.39. The number of hydrogen-bond acceptors (Lipinski definition) is 6. The van der Waals surface area contributed by atoms with Crippen LogP contribution in [0.4, 0.5) is 0 Å². The summed E-state index contributed by atoms with van der Waals surface area (Å²) in [5.74, 6) is 0.812. The molecule has 3 atom stereocenters. The van der Waals surface area contributed by atoms with Gasteiger partial charge in [-0.3, -0.25) is 19.0 Å². The third-order valence-corrected chi connectivity index (χ3v) is 13.5. The molecule has 5 aliphatic rings. The molecular formula is C42H49N5O5S. The van der Waals surface area contributed by atoms with E-state index < -0.39 is 11.0 Å². The minimum absolute atomic E-state index is 0.0133. The Morgan fingerprint density at radius 2 is 1.72 bits per heavy atom. The maximum Gasteiger partial charge on any atom is 0.263 e. The molecule has 0 radical (unpaired) electrons. The van der Waals surface area contributed by atoms with Crippen LogP contribution < -0.4 is 9.46 Å². The van der Waals surface area contributed by atoms with Gasteiger partial charge in [0.1, 0.15) is 16.7 Å². The maximum atomic E-state index is 14.6. The number of likely N-dealkylation sites (tertiary alicyclic amines) is 1. The molecule has 2 saturated heterocycles. The topological polar surface area (TPSA) is 108 Å². The summed E-state index contributed by atoms with van der Waals surface area (Å²) in [7, 11) is 0.206. The van der Waals surface area contributed by atoms with E-state index in [1.807, 2.05) is 36.9 Å². The first-order valence-corrected chi connectivity index (χ1v) is 20.8. The molecule has 4 fully saturated rings. The maximum absolute atomic E-state index is 14.6. The predicted octanol–water partition coefficient (Wildman–Crippen LogP) is 7.65. The minimum atomic E-state index is -1.49. The lowest BCUT2D eigenvalue weighted by Crippen LogP contribution is -2.46. The first-order chi connectivity index (χ1) is 25.8. The third-order valence-electron chi connectivity index (χ3n) is 12.3. The molecule has 278 valence electrons. The number of allylic oxidation sites excluding steroid dienone is 1. The number of fused-ring (bicyclic) bond motifs is 7. The van der Waals surface area contributed by atoms with Crippen LogP contribution in [-0.2, 0) is 22.3 Å². The van der Waals surface area contributed by atoms with Crippen molar-refractivity contribution in [1.82, 2.24) is 24.0 Å². The Balaban J connectivity index is 1.24. The summed E-state index contributed by atoms with van der Waals surface area (Å²) in [6, 6.07) is 12.5. The molecule has 2 amide bonds.